The molecule has 0 unspecified atom stereocenters. The zero-order valence-electron chi connectivity index (χ0n) is 13.7. The van der Waals surface area contributed by atoms with E-state index < -0.39 is 0 Å². The number of aliphatic imine (C=N–C) groups is 1. The first-order chi connectivity index (χ1) is 9.58. The Morgan fingerprint density at radius 2 is 1.75 bits per heavy atom. The molecule has 110 valence electrons. The highest BCUT2D eigenvalue weighted by Gasteiger charge is 2.03. The van der Waals surface area contributed by atoms with Crippen molar-refractivity contribution in [1.82, 2.24) is 0 Å². The molecule has 0 saturated carbocycles. The highest BCUT2D eigenvalue weighted by atomic mass is 14.7. The van der Waals surface area contributed by atoms with E-state index in [1.165, 1.54) is 23.1 Å². The van der Waals surface area contributed by atoms with Crippen molar-refractivity contribution in [2.24, 2.45) is 4.99 Å². The molecule has 0 saturated heterocycles. The van der Waals surface area contributed by atoms with Gasteiger partial charge in [-0.15, -0.1) is 0 Å². The van der Waals surface area contributed by atoms with Gasteiger partial charge in [-0.05, 0) is 48.5 Å². The van der Waals surface area contributed by atoms with Gasteiger partial charge in [0.25, 0.3) is 0 Å². The van der Waals surface area contributed by atoms with E-state index in [9.17, 15) is 0 Å². The van der Waals surface area contributed by atoms with Gasteiger partial charge in [-0.25, -0.2) is 0 Å². The molecule has 0 aliphatic rings. The van der Waals surface area contributed by atoms with Gasteiger partial charge in [0.1, 0.15) is 0 Å². The molecule has 20 heavy (non-hydrogen) atoms. The molecule has 0 amide bonds. The molecule has 0 N–H and O–H groups in total. The van der Waals surface area contributed by atoms with Gasteiger partial charge in [-0.2, -0.15) is 0 Å². The lowest BCUT2D eigenvalue weighted by Crippen LogP contribution is -1.94. The van der Waals surface area contributed by atoms with E-state index in [2.05, 4.69) is 70.0 Å². The second-order valence-corrected chi connectivity index (χ2v) is 5.72. The molecule has 0 heterocycles. The lowest BCUT2D eigenvalue weighted by Gasteiger charge is -2.10. The first-order valence-electron chi connectivity index (χ1n) is 7.90. The molecule has 1 heteroatoms. The molecule has 0 spiro atoms. The van der Waals surface area contributed by atoms with Gasteiger partial charge in [0.05, 0.1) is 0 Å². The number of rotatable bonds is 7. The van der Waals surface area contributed by atoms with E-state index in [1.54, 1.807) is 0 Å². The molecule has 0 radical (unpaired) electrons. The van der Waals surface area contributed by atoms with E-state index in [0.717, 1.165) is 25.1 Å². The van der Waals surface area contributed by atoms with Crippen LogP contribution < -0.4 is 0 Å². The lowest BCUT2D eigenvalue weighted by atomic mass is 9.96. The van der Waals surface area contributed by atoms with E-state index in [0.29, 0.717) is 5.92 Å². The molecule has 0 aliphatic heterocycles. The van der Waals surface area contributed by atoms with Crippen LogP contribution in [0.3, 0.4) is 0 Å². The van der Waals surface area contributed by atoms with E-state index in [-0.39, 0.29) is 0 Å². The minimum absolute atomic E-state index is 0.593. The number of allylic oxidation sites excluding steroid dienone is 2. The van der Waals surface area contributed by atoms with Crippen LogP contribution in [0.25, 0.3) is 5.57 Å². The summed E-state index contributed by atoms with van der Waals surface area (Å²) < 4.78 is 0. The topological polar surface area (TPSA) is 12.4 Å². The zero-order valence-corrected chi connectivity index (χ0v) is 13.7. The Labute approximate surface area is 124 Å². The van der Waals surface area contributed by atoms with Crippen molar-refractivity contribution in [3.05, 3.63) is 41.5 Å². The fraction of sp³-hybridized carbons (Fsp3) is 0.526. The smallest absolute Gasteiger partial charge is 0.0389 e. The molecule has 0 fully saturated rings. The Morgan fingerprint density at radius 3 is 2.25 bits per heavy atom. The summed E-state index contributed by atoms with van der Waals surface area (Å²) >= 11 is 0. The highest BCUT2D eigenvalue weighted by Crippen LogP contribution is 2.23. The third-order valence-corrected chi connectivity index (χ3v) is 3.44. The Kier molecular flexibility index (Phi) is 7.28. The standard InChI is InChI=1S/C19H29N/c1-6-8-19(14-16(5)20-13-7-2)18-11-9-17(10-12-18)15(3)4/h9-12,14-15H,6-8,13H2,1-5H3/b19-14+,20-16+. The van der Waals surface area contributed by atoms with Crippen LogP contribution in [0, 0.1) is 0 Å². The van der Waals surface area contributed by atoms with Crippen LogP contribution in [0.5, 0.6) is 0 Å². The first-order valence-corrected chi connectivity index (χ1v) is 7.90. The number of benzene rings is 1. The quantitative estimate of drug-likeness (QED) is 0.550. The molecule has 1 aromatic rings. The van der Waals surface area contributed by atoms with E-state index in [1.807, 2.05) is 0 Å². The molecule has 1 nitrogen and oxygen atoms in total. The van der Waals surface area contributed by atoms with Crippen molar-refractivity contribution >= 4 is 11.3 Å². The summed E-state index contributed by atoms with van der Waals surface area (Å²) in [6.45, 7) is 11.9. The fourth-order valence-electron chi connectivity index (χ4n) is 2.24. The van der Waals surface area contributed by atoms with Gasteiger partial charge in [0.15, 0.2) is 0 Å². The SMILES string of the molecule is CCC/N=C(C)/C=C(\CCC)c1ccc(C(C)C)cc1. The van der Waals surface area contributed by atoms with Gasteiger partial charge in [-0.1, -0.05) is 58.4 Å². The normalized spacial score (nSPS) is 13.1. The van der Waals surface area contributed by atoms with Crippen LogP contribution in [0.2, 0.25) is 0 Å². The van der Waals surface area contributed by atoms with Crippen molar-refractivity contribution in [3.63, 3.8) is 0 Å². The largest absolute Gasteiger partial charge is 0.290 e. The summed E-state index contributed by atoms with van der Waals surface area (Å²) in [6.07, 6.45) is 5.64. The average molecular weight is 271 g/mol. The van der Waals surface area contributed by atoms with Crippen molar-refractivity contribution in [2.45, 2.75) is 59.8 Å². The summed E-state index contributed by atoms with van der Waals surface area (Å²) in [5.74, 6) is 0.593. The van der Waals surface area contributed by atoms with Gasteiger partial charge in [0, 0.05) is 12.3 Å². The van der Waals surface area contributed by atoms with Crippen molar-refractivity contribution in [3.8, 4) is 0 Å². The van der Waals surface area contributed by atoms with E-state index >= 15 is 0 Å². The Hall–Kier alpha value is -1.37. The second kappa shape index (κ2) is 8.73. The molecular weight excluding hydrogens is 242 g/mol. The van der Waals surface area contributed by atoms with Crippen LogP contribution in [-0.2, 0) is 0 Å². The van der Waals surface area contributed by atoms with Crippen molar-refractivity contribution < 1.29 is 0 Å². The van der Waals surface area contributed by atoms with Gasteiger partial charge < -0.3 is 0 Å². The third-order valence-electron chi connectivity index (χ3n) is 3.44. The molecule has 0 atom stereocenters. The molecule has 0 bridgehead atoms. The molecule has 1 rings (SSSR count). The van der Waals surface area contributed by atoms with Crippen LogP contribution in [0.15, 0.2) is 35.3 Å². The van der Waals surface area contributed by atoms with Gasteiger partial charge in [0.2, 0.25) is 0 Å². The summed E-state index contributed by atoms with van der Waals surface area (Å²) in [5, 5.41) is 0. The Balaban J connectivity index is 2.98. The molecule has 0 aromatic heterocycles. The van der Waals surface area contributed by atoms with Crippen LogP contribution in [-0.4, -0.2) is 12.3 Å². The van der Waals surface area contributed by atoms with Crippen LogP contribution in [0.1, 0.15) is 70.9 Å². The monoisotopic (exact) mass is 271 g/mol. The summed E-state index contributed by atoms with van der Waals surface area (Å²) in [4.78, 5) is 4.58. The predicted molar refractivity (Wildman–Crippen MR) is 91.7 cm³/mol. The first kappa shape index (κ1) is 16.7. The number of hydrogen-bond acceptors (Lipinski definition) is 1. The van der Waals surface area contributed by atoms with Crippen LogP contribution >= 0.6 is 0 Å². The number of nitrogens with zero attached hydrogens (tertiary/aromatic N) is 1. The third kappa shape index (κ3) is 5.32. The Morgan fingerprint density at radius 1 is 1.10 bits per heavy atom. The highest BCUT2D eigenvalue weighted by molar-refractivity contribution is 5.99. The average Bonchev–Trinajstić information content (AvgIpc) is 2.44. The minimum atomic E-state index is 0.593. The Bertz CT molecular complexity index is 449. The van der Waals surface area contributed by atoms with Gasteiger partial charge in [-0.3, -0.25) is 4.99 Å². The predicted octanol–water partition coefficient (Wildman–Crippen LogP) is 5.86. The molecular formula is C19H29N. The van der Waals surface area contributed by atoms with Crippen molar-refractivity contribution in [1.29, 1.82) is 0 Å². The zero-order chi connectivity index (χ0) is 15.0. The van der Waals surface area contributed by atoms with Crippen molar-refractivity contribution in [2.75, 3.05) is 6.54 Å². The maximum absolute atomic E-state index is 4.58. The van der Waals surface area contributed by atoms with Gasteiger partial charge >= 0.3 is 0 Å². The molecule has 0 aliphatic carbocycles. The van der Waals surface area contributed by atoms with E-state index in [4.69, 9.17) is 0 Å². The summed E-state index contributed by atoms with van der Waals surface area (Å²) in [5.41, 5.74) is 5.28. The maximum atomic E-state index is 4.58. The van der Waals surface area contributed by atoms with Crippen LogP contribution in [0.4, 0.5) is 0 Å². The lowest BCUT2D eigenvalue weighted by molar-refractivity contribution is 0.866. The summed E-state index contributed by atoms with van der Waals surface area (Å²) in [7, 11) is 0. The minimum Gasteiger partial charge on any atom is -0.290 e. The second-order valence-electron chi connectivity index (χ2n) is 5.72. The number of hydrogen-bond donors (Lipinski definition) is 0. The maximum Gasteiger partial charge on any atom is 0.0389 e. The fourth-order valence-corrected chi connectivity index (χ4v) is 2.24. The summed E-state index contributed by atoms with van der Waals surface area (Å²) in [6, 6.07) is 9.01. The molecule has 1 aromatic carbocycles.